The van der Waals surface area contributed by atoms with Crippen molar-refractivity contribution >= 4 is 21.6 Å². The summed E-state index contributed by atoms with van der Waals surface area (Å²) in [5.41, 5.74) is 1.75. The van der Waals surface area contributed by atoms with E-state index in [1.54, 1.807) is 12.1 Å². The molecule has 0 heterocycles. The first-order valence-electron chi connectivity index (χ1n) is 8.79. The van der Waals surface area contributed by atoms with Crippen LogP contribution in [0.4, 0.5) is 5.69 Å². The van der Waals surface area contributed by atoms with E-state index >= 15 is 0 Å². The minimum atomic E-state index is -3.48. The lowest BCUT2D eigenvalue weighted by molar-refractivity contribution is -0.118. The molecule has 0 unspecified atom stereocenters. The molecule has 0 spiro atoms. The smallest absolute Gasteiger partial charge is 0.262 e. The van der Waals surface area contributed by atoms with E-state index in [1.165, 1.54) is 31.8 Å². The number of sulfonamides is 1. The van der Waals surface area contributed by atoms with Crippen molar-refractivity contribution in [3.8, 4) is 5.75 Å². The highest BCUT2D eigenvalue weighted by atomic mass is 32.2. The van der Waals surface area contributed by atoms with Crippen LogP contribution in [0.5, 0.6) is 5.75 Å². The molecule has 2 rings (SSSR count). The molecule has 2 aromatic carbocycles. The number of amides is 1. The number of anilines is 1. The largest absolute Gasteiger partial charge is 0.484 e. The highest BCUT2D eigenvalue weighted by Crippen LogP contribution is 2.21. The van der Waals surface area contributed by atoms with Gasteiger partial charge in [0.05, 0.1) is 4.90 Å². The van der Waals surface area contributed by atoms with E-state index in [9.17, 15) is 13.2 Å². The topological polar surface area (TPSA) is 75.7 Å². The van der Waals surface area contributed by atoms with Crippen molar-refractivity contribution < 1.29 is 17.9 Å². The number of carbonyl (C=O) groups is 1. The predicted molar refractivity (Wildman–Crippen MR) is 107 cm³/mol. The summed E-state index contributed by atoms with van der Waals surface area (Å²) in [6, 6.07) is 13.7. The molecule has 1 N–H and O–H groups in total. The third kappa shape index (κ3) is 5.55. The van der Waals surface area contributed by atoms with Gasteiger partial charge in [0, 0.05) is 19.8 Å². The normalized spacial score (nSPS) is 12.6. The zero-order valence-electron chi connectivity index (χ0n) is 16.1. The van der Waals surface area contributed by atoms with Gasteiger partial charge in [0.25, 0.3) is 5.91 Å². The first-order chi connectivity index (χ1) is 12.7. The maximum Gasteiger partial charge on any atom is 0.262 e. The number of rotatable bonds is 8. The molecule has 1 atom stereocenters. The van der Waals surface area contributed by atoms with Crippen LogP contribution < -0.4 is 10.1 Å². The molecule has 146 valence electrons. The Balaban J connectivity index is 1.90. The molecule has 0 radical (unpaired) electrons. The number of ether oxygens (including phenoxy) is 1. The fourth-order valence-corrected chi connectivity index (χ4v) is 3.30. The molecule has 0 bridgehead atoms. The quantitative estimate of drug-likeness (QED) is 0.749. The standard InChI is InChI=1S/C20H26N2O4S/c1-5-15(2)16-6-10-18(11-7-16)26-14-20(23)21-17-8-12-19(13-9-17)27(24,25)22(3)4/h6-13,15H,5,14H2,1-4H3,(H,21,23)/t15-/m0/s1. The maximum atomic E-state index is 12.0. The fourth-order valence-electron chi connectivity index (χ4n) is 2.40. The number of nitrogens with zero attached hydrogens (tertiary/aromatic N) is 1. The van der Waals surface area contributed by atoms with Gasteiger partial charge in [-0.05, 0) is 54.3 Å². The van der Waals surface area contributed by atoms with Crippen molar-refractivity contribution in [3.05, 3.63) is 54.1 Å². The Kier molecular flexibility index (Phi) is 6.98. The van der Waals surface area contributed by atoms with E-state index in [0.717, 1.165) is 10.7 Å². The Bertz CT molecular complexity index is 860. The molecule has 0 aliphatic carbocycles. The molecule has 0 saturated heterocycles. The molecule has 0 aliphatic rings. The molecule has 0 aliphatic heterocycles. The van der Waals surface area contributed by atoms with Gasteiger partial charge in [-0.1, -0.05) is 26.0 Å². The fraction of sp³-hybridized carbons (Fsp3) is 0.350. The van der Waals surface area contributed by atoms with E-state index < -0.39 is 10.0 Å². The van der Waals surface area contributed by atoms with Gasteiger partial charge >= 0.3 is 0 Å². The van der Waals surface area contributed by atoms with Crippen molar-refractivity contribution in [3.63, 3.8) is 0 Å². The van der Waals surface area contributed by atoms with Crippen molar-refractivity contribution in [2.24, 2.45) is 0 Å². The van der Waals surface area contributed by atoms with Crippen LogP contribution in [0.3, 0.4) is 0 Å². The zero-order valence-corrected chi connectivity index (χ0v) is 16.9. The number of hydrogen-bond acceptors (Lipinski definition) is 4. The summed E-state index contributed by atoms with van der Waals surface area (Å²) in [4.78, 5) is 12.2. The van der Waals surface area contributed by atoms with Crippen LogP contribution in [-0.2, 0) is 14.8 Å². The predicted octanol–water partition coefficient (Wildman–Crippen LogP) is 3.47. The first kappa shape index (κ1) is 20.9. The maximum absolute atomic E-state index is 12.0. The van der Waals surface area contributed by atoms with Gasteiger partial charge in [-0.25, -0.2) is 12.7 Å². The summed E-state index contributed by atoms with van der Waals surface area (Å²) in [5.74, 6) is 0.801. The van der Waals surface area contributed by atoms with Crippen LogP contribution >= 0.6 is 0 Å². The molecule has 2 aromatic rings. The Labute approximate surface area is 161 Å². The molecular formula is C20H26N2O4S. The number of hydrogen-bond donors (Lipinski definition) is 1. The molecular weight excluding hydrogens is 364 g/mol. The number of nitrogens with one attached hydrogen (secondary N) is 1. The van der Waals surface area contributed by atoms with Crippen LogP contribution in [0.2, 0.25) is 0 Å². The highest BCUT2D eigenvalue weighted by Gasteiger charge is 2.16. The SMILES string of the molecule is CC[C@H](C)c1ccc(OCC(=O)Nc2ccc(S(=O)(=O)N(C)C)cc2)cc1. The van der Waals surface area contributed by atoms with Crippen LogP contribution in [0.25, 0.3) is 0 Å². The summed E-state index contributed by atoms with van der Waals surface area (Å²) in [6.45, 7) is 4.18. The minimum absolute atomic E-state index is 0.125. The second-order valence-corrected chi connectivity index (χ2v) is 8.68. The van der Waals surface area contributed by atoms with Crippen molar-refractivity contribution in [1.82, 2.24) is 4.31 Å². The van der Waals surface area contributed by atoms with Crippen LogP contribution in [-0.4, -0.2) is 39.3 Å². The van der Waals surface area contributed by atoms with Crippen LogP contribution in [0.15, 0.2) is 53.4 Å². The highest BCUT2D eigenvalue weighted by molar-refractivity contribution is 7.89. The van der Waals surface area contributed by atoms with E-state index in [4.69, 9.17) is 4.74 Å². The third-order valence-corrected chi connectivity index (χ3v) is 6.18. The average Bonchev–Trinajstić information content (AvgIpc) is 2.66. The second-order valence-electron chi connectivity index (χ2n) is 6.53. The van der Waals surface area contributed by atoms with Crippen LogP contribution in [0, 0.1) is 0 Å². The Hall–Kier alpha value is -2.38. The molecule has 0 saturated carbocycles. The lowest BCUT2D eigenvalue weighted by Crippen LogP contribution is -2.22. The molecule has 0 fully saturated rings. The molecule has 27 heavy (non-hydrogen) atoms. The van der Waals surface area contributed by atoms with Gasteiger partial charge in [-0.15, -0.1) is 0 Å². The summed E-state index contributed by atoms with van der Waals surface area (Å²) in [5, 5.41) is 2.69. The van der Waals surface area contributed by atoms with Crippen molar-refractivity contribution in [2.75, 3.05) is 26.0 Å². The summed E-state index contributed by atoms with van der Waals surface area (Å²) < 4.78 is 30.7. The van der Waals surface area contributed by atoms with Gasteiger partial charge in [0.2, 0.25) is 10.0 Å². The third-order valence-electron chi connectivity index (χ3n) is 4.35. The minimum Gasteiger partial charge on any atom is -0.484 e. The second kappa shape index (κ2) is 9.01. The van der Waals surface area contributed by atoms with Gasteiger partial charge in [-0.3, -0.25) is 4.79 Å². The average molecular weight is 391 g/mol. The number of benzene rings is 2. The van der Waals surface area contributed by atoms with Gasteiger partial charge < -0.3 is 10.1 Å². The van der Waals surface area contributed by atoms with E-state index in [2.05, 4.69) is 19.2 Å². The number of carbonyl (C=O) groups excluding carboxylic acids is 1. The first-order valence-corrected chi connectivity index (χ1v) is 10.2. The van der Waals surface area contributed by atoms with E-state index in [0.29, 0.717) is 17.4 Å². The van der Waals surface area contributed by atoms with Gasteiger partial charge in [0.1, 0.15) is 5.75 Å². The monoisotopic (exact) mass is 390 g/mol. The lowest BCUT2D eigenvalue weighted by atomic mass is 9.99. The van der Waals surface area contributed by atoms with E-state index in [-0.39, 0.29) is 17.4 Å². The summed E-state index contributed by atoms with van der Waals surface area (Å²) >= 11 is 0. The molecule has 6 nitrogen and oxygen atoms in total. The Morgan fingerprint density at radius 3 is 2.19 bits per heavy atom. The Morgan fingerprint density at radius 1 is 1.07 bits per heavy atom. The molecule has 7 heteroatoms. The molecule has 1 amide bonds. The summed E-state index contributed by atoms with van der Waals surface area (Å²) in [6.07, 6.45) is 1.07. The van der Waals surface area contributed by atoms with Gasteiger partial charge in [0.15, 0.2) is 6.61 Å². The zero-order chi connectivity index (χ0) is 20.0. The van der Waals surface area contributed by atoms with Crippen LogP contribution in [0.1, 0.15) is 31.7 Å². The summed E-state index contributed by atoms with van der Waals surface area (Å²) in [7, 11) is -0.544. The van der Waals surface area contributed by atoms with E-state index in [1.807, 2.05) is 24.3 Å². The lowest BCUT2D eigenvalue weighted by Gasteiger charge is -2.12. The van der Waals surface area contributed by atoms with Crippen molar-refractivity contribution in [1.29, 1.82) is 0 Å². The molecule has 0 aromatic heterocycles. The van der Waals surface area contributed by atoms with Gasteiger partial charge in [-0.2, -0.15) is 0 Å². The Morgan fingerprint density at radius 2 is 1.67 bits per heavy atom. The van der Waals surface area contributed by atoms with Crippen molar-refractivity contribution in [2.45, 2.75) is 31.1 Å².